The lowest BCUT2D eigenvalue weighted by atomic mass is 10.2. The van der Waals surface area contributed by atoms with E-state index >= 15 is 0 Å². The maximum atomic E-state index is 11.1. The van der Waals surface area contributed by atoms with Crippen LogP contribution in [0.25, 0.3) is 0 Å². The SMILES string of the molecule is C=CCOCOC(=O)C(=C)CCOC. The van der Waals surface area contributed by atoms with Gasteiger partial charge in [0.15, 0.2) is 6.79 Å². The highest BCUT2D eigenvalue weighted by Crippen LogP contribution is 2.00. The number of carbonyl (C=O) groups excluding carboxylic acids is 1. The number of ether oxygens (including phenoxy) is 3. The lowest BCUT2D eigenvalue weighted by molar-refractivity contribution is -0.150. The van der Waals surface area contributed by atoms with Crippen molar-refractivity contribution in [2.24, 2.45) is 0 Å². The summed E-state index contributed by atoms with van der Waals surface area (Å²) < 4.78 is 14.4. The van der Waals surface area contributed by atoms with E-state index in [4.69, 9.17) is 14.2 Å². The zero-order valence-corrected chi connectivity index (χ0v) is 8.45. The molecule has 0 saturated carbocycles. The minimum atomic E-state index is -0.453. The number of hydrogen-bond donors (Lipinski definition) is 0. The zero-order chi connectivity index (χ0) is 10.8. The fourth-order valence-corrected chi connectivity index (χ4v) is 0.656. The Balaban J connectivity index is 3.52. The molecule has 0 aromatic carbocycles. The second kappa shape index (κ2) is 8.47. The molecule has 80 valence electrons. The van der Waals surface area contributed by atoms with Crippen LogP contribution in [0.3, 0.4) is 0 Å². The molecule has 0 bridgehead atoms. The van der Waals surface area contributed by atoms with Gasteiger partial charge in [-0.25, -0.2) is 4.79 Å². The van der Waals surface area contributed by atoms with Crippen LogP contribution < -0.4 is 0 Å². The highest BCUT2D eigenvalue weighted by Gasteiger charge is 2.07. The summed E-state index contributed by atoms with van der Waals surface area (Å²) in [4.78, 5) is 11.1. The van der Waals surface area contributed by atoms with Crippen LogP contribution >= 0.6 is 0 Å². The van der Waals surface area contributed by atoms with Crippen LogP contribution in [0, 0.1) is 0 Å². The molecule has 0 saturated heterocycles. The summed E-state index contributed by atoms with van der Waals surface area (Å²) in [6, 6.07) is 0. The standard InChI is InChI=1S/C10H16O4/c1-4-6-13-8-14-10(11)9(2)5-7-12-3/h4H,1-2,5-8H2,3H3. The zero-order valence-electron chi connectivity index (χ0n) is 8.45. The van der Waals surface area contributed by atoms with Crippen LogP contribution in [0.1, 0.15) is 6.42 Å². The molecule has 0 spiro atoms. The van der Waals surface area contributed by atoms with Crippen LogP contribution in [-0.4, -0.2) is 33.1 Å². The Morgan fingerprint density at radius 2 is 2.21 bits per heavy atom. The van der Waals surface area contributed by atoms with Crippen molar-refractivity contribution in [3.05, 3.63) is 24.8 Å². The maximum Gasteiger partial charge on any atom is 0.335 e. The van der Waals surface area contributed by atoms with Gasteiger partial charge in [-0.1, -0.05) is 12.7 Å². The second-order valence-corrected chi connectivity index (χ2v) is 2.56. The van der Waals surface area contributed by atoms with Gasteiger partial charge in [0, 0.05) is 19.1 Å². The van der Waals surface area contributed by atoms with Gasteiger partial charge in [0.05, 0.1) is 13.2 Å². The van der Waals surface area contributed by atoms with Gasteiger partial charge in [-0.05, 0) is 0 Å². The number of carbonyl (C=O) groups is 1. The molecule has 0 N–H and O–H groups in total. The minimum Gasteiger partial charge on any atom is -0.435 e. The van der Waals surface area contributed by atoms with Crippen LogP contribution in [-0.2, 0) is 19.0 Å². The summed E-state index contributed by atoms with van der Waals surface area (Å²) in [6.45, 7) is 7.76. The van der Waals surface area contributed by atoms with E-state index in [2.05, 4.69) is 13.2 Å². The molecular weight excluding hydrogens is 184 g/mol. The van der Waals surface area contributed by atoms with Crippen molar-refractivity contribution in [2.75, 3.05) is 27.1 Å². The normalized spacial score (nSPS) is 9.50. The Hall–Kier alpha value is -1.13. The largest absolute Gasteiger partial charge is 0.435 e. The Labute approximate surface area is 84.1 Å². The molecule has 0 heterocycles. The van der Waals surface area contributed by atoms with Gasteiger partial charge in [-0.2, -0.15) is 0 Å². The Morgan fingerprint density at radius 3 is 2.79 bits per heavy atom. The van der Waals surface area contributed by atoms with E-state index in [9.17, 15) is 4.79 Å². The first-order valence-electron chi connectivity index (χ1n) is 4.24. The number of rotatable bonds is 8. The van der Waals surface area contributed by atoms with Gasteiger partial charge in [0.1, 0.15) is 0 Å². The molecule has 0 aliphatic rings. The Kier molecular flexibility index (Phi) is 7.78. The molecule has 4 heteroatoms. The lowest BCUT2D eigenvalue weighted by Crippen LogP contribution is -2.11. The van der Waals surface area contributed by atoms with Gasteiger partial charge in [0.25, 0.3) is 0 Å². The van der Waals surface area contributed by atoms with Crippen molar-refractivity contribution in [3.63, 3.8) is 0 Å². The summed E-state index contributed by atoms with van der Waals surface area (Å²) in [5.74, 6) is -0.453. The van der Waals surface area contributed by atoms with Gasteiger partial charge >= 0.3 is 5.97 Å². The fourth-order valence-electron chi connectivity index (χ4n) is 0.656. The predicted octanol–water partition coefficient (Wildman–Crippen LogP) is 1.28. The number of hydrogen-bond acceptors (Lipinski definition) is 4. The Morgan fingerprint density at radius 1 is 1.50 bits per heavy atom. The summed E-state index contributed by atoms with van der Waals surface area (Å²) in [7, 11) is 1.56. The average Bonchev–Trinajstić information content (AvgIpc) is 2.20. The van der Waals surface area contributed by atoms with Crippen molar-refractivity contribution in [1.29, 1.82) is 0 Å². The first-order valence-corrected chi connectivity index (χ1v) is 4.24. The third-order valence-electron chi connectivity index (χ3n) is 1.41. The Bertz CT molecular complexity index is 198. The van der Waals surface area contributed by atoms with Crippen LogP contribution in [0.4, 0.5) is 0 Å². The topological polar surface area (TPSA) is 44.8 Å². The molecule has 0 aromatic heterocycles. The monoisotopic (exact) mass is 200 g/mol. The summed E-state index contributed by atoms with van der Waals surface area (Å²) in [6.07, 6.45) is 2.05. The van der Waals surface area contributed by atoms with E-state index in [1.165, 1.54) is 0 Å². The highest BCUT2D eigenvalue weighted by molar-refractivity contribution is 5.87. The molecule has 14 heavy (non-hydrogen) atoms. The predicted molar refractivity (Wildman–Crippen MR) is 52.7 cm³/mol. The maximum absolute atomic E-state index is 11.1. The lowest BCUT2D eigenvalue weighted by Gasteiger charge is -2.06. The van der Waals surface area contributed by atoms with E-state index in [0.29, 0.717) is 25.2 Å². The molecule has 4 nitrogen and oxygen atoms in total. The molecule has 0 unspecified atom stereocenters. The van der Waals surface area contributed by atoms with E-state index in [-0.39, 0.29) is 6.79 Å². The highest BCUT2D eigenvalue weighted by atomic mass is 16.7. The third kappa shape index (κ3) is 6.39. The fraction of sp³-hybridized carbons (Fsp3) is 0.500. The summed E-state index contributed by atoms with van der Waals surface area (Å²) in [5, 5.41) is 0. The summed E-state index contributed by atoms with van der Waals surface area (Å²) >= 11 is 0. The molecular formula is C10H16O4. The molecule has 0 amide bonds. The third-order valence-corrected chi connectivity index (χ3v) is 1.41. The van der Waals surface area contributed by atoms with E-state index in [0.717, 1.165) is 0 Å². The van der Waals surface area contributed by atoms with Crippen molar-refractivity contribution in [3.8, 4) is 0 Å². The van der Waals surface area contributed by atoms with Gasteiger partial charge in [-0.15, -0.1) is 6.58 Å². The molecule has 0 aromatic rings. The van der Waals surface area contributed by atoms with Crippen LogP contribution in [0.15, 0.2) is 24.8 Å². The van der Waals surface area contributed by atoms with Crippen molar-refractivity contribution < 1.29 is 19.0 Å². The smallest absolute Gasteiger partial charge is 0.335 e. The molecule has 0 aliphatic carbocycles. The van der Waals surface area contributed by atoms with Gasteiger partial charge in [-0.3, -0.25) is 0 Å². The van der Waals surface area contributed by atoms with Gasteiger partial charge in [0.2, 0.25) is 0 Å². The first-order chi connectivity index (χ1) is 6.72. The molecule has 0 rings (SSSR count). The molecule has 0 atom stereocenters. The molecule has 0 aliphatic heterocycles. The molecule has 0 radical (unpaired) electrons. The quantitative estimate of drug-likeness (QED) is 0.195. The van der Waals surface area contributed by atoms with Crippen LogP contribution in [0.2, 0.25) is 0 Å². The van der Waals surface area contributed by atoms with Crippen molar-refractivity contribution in [1.82, 2.24) is 0 Å². The van der Waals surface area contributed by atoms with E-state index in [1.54, 1.807) is 13.2 Å². The molecule has 0 fully saturated rings. The first kappa shape index (κ1) is 12.9. The number of esters is 1. The van der Waals surface area contributed by atoms with E-state index < -0.39 is 5.97 Å². The average molecular weight is 200 g/mol. The summed E-state index contributed by atoms with van der Waals surface area (Å²) in [5.41, 5.74) is 0.383. The second-order valence-electron chi connectivity index (χ2n) is 2.56. The minimum absolute atomic E-state index is 0.0726. The van der Waals surface area contributed by atoms with Crippen molar-refractivity contribution in [2.45, 2.75) is 6.42 Å². The number of methoxy groups -OCH3 is 1. The van der Waals surface area contributed by atoms with Crippen LogP contribution in [0.5, 0.6) is 0 Å². The van der Waals surface area contributed by atoms with Crippen molar-refractivity contribution >= 4 is 5.97 Å². The van der Waals surface area contributed by atoms with E-state index in [1.807, 2.05) is 0 Å². The van der Waals surface area contributed by atoms with Gasteiger partial charge < -0.3 is 14.2 Å².